The fourth-order valence-corrected chi connectivity index (χ4v) is 3.35. The normalized spacial score (nSPS) is 22.0. The molecule has 1 unspecified atom stereocenters. The van der Waals surface area contributed by atoms with Crippen LogP contribution >= 0.6 is 0 Å². The average molecular weight is 299 g/mol. The smallest absolute Gasteiger partial charge is 0.324 e. The second-order valence-corrected chi connectivity index (χ2v) is 6.50. The summed E-state index contributed by atoms with van der Waals surface area (Å²) in [5.41, 5.74) is 1.02. The number of para-hydroxylation sites is 1. The highest BCUT2D eigenvalue weighted by Gasteiger charge is 2.29. The molecule has 2 aliphatic rings. The molecule has 1 aliphatic heterocycles. The Kier molecular flexibility index (Phi) is 3.48. The van der Waals surface area contributed by atoms with Gasteiger partial charge in [-0.3, -0.25) is 0 Å². The van der Waals surface area contributed by atoms with Gasteiger partial charge in [0.25, 0.3) is 0 Å². The minimum atomic E-state index is 0.394. The van der Waals surface area contributed by atoms with Gasteiger partial charge in [0.1, 0.15) is 5.75 Å². The number of hydrogen-bond acceptors (Lipinski definition) is 5. The number of aromatic hydroxyl groups is 1. The first-order chi connectivity index (χ1) is 10.8. The molecule has 0 radical (unpaired) electrons. The van der Waals surface area contributed by atoms with Crippen LogP contribution in [0.1, 0.15) is 43.0 Å². The van der Waals surface area contributed by atoms with Gasteiger partial charge in [-0.1, -0.05) is 29.8 Å². The van der Waals surface area contributed by atoms with Gasteiger partial charge in [-0.15, -0.1) is 0 Å². The Morgan fingerprint density at radius 1 is 1.23 bits per heavy atom. The van der Waals surface area contributed by atoms with Crippen molar-refractivity contribution in [3.8, 4) is 5.75 Å². The lowest BCUT2D eigenvalue weighted by atomic mass is 9.85. The number of rotatable bonds is 4. The Balaban J connectivity index is 1.39. The van der Waals surface area contributed by atoms with Crippen LogP contribution in [0.5, 0.6) is 5.75 Å². The maximum Gasteiger partial charge on any atom is 0.324 e. The average Bonchev–Trinajstić information content (AvgIpc) is 3.09. The van der Waals surface area contributed by atoms with Crippen molar-refractivity contribution in [1.29, 1.82) is 0 Å². The molecule has 1 aliphatic carbocycles. The highest BCUT2D eigenvalue weighted by Crippen LogP contribution is 2.36. The maximum absolute atomic E-state index is 9.90. The minimum Gasteiger partial charge on any atom is -0.508 e. The van der Waals surface area contributed by atoms with Gasteiger partial charge in [-0.05, 0) is 43.2 Å². The topological polar surface area (TPSA) is 62.4 Å². The summed E-state index contributed by atoms with van der Waals surface area (Å²) in [6, 6.07) is 8.26. The summed E-state index contributed by atoms with van der Waals surface area (Å²) in [6.45, 7) is 1.87. The molecule has 1 saturated heterocycles. The summed E-state index contributed by atoms with van der Waals surface area (Å²) in [4.78, 5) is 6.75. The van der Waals surface area contributed by atoms with E-state index in [-0.39, 0.29) is 0 Å². The van der Waals surface area contributed by atoms with E-state index in [0.717, 1.165) is 37.3 Å². The van der Waals surface area contributed by atoms with Crippen LogP contribution in [0.3, 0.4) is 0 Å². The van der Waals surface area contributed by atoms with Crippen LogP contribution in [0.25, 0.3) is 0 Å². The van der Waals surface area contributed by atoms with Crippen molar-refractivity contribution in [3.63, 3.8) is 0 Å². The van der Waals surface area contributed by atoms with Crippen LogP contribution in [-0.4, -0.2) is 28.3 Å². The quantitative estimate of drug-likeness (QED) is 0.940. The van der Waals surface area contributed by atoms with Crippen LogP contribution in [0.15, 0.2) is 28.8 Å². The van der Waals surface area contributed by atoms with Gasteiger partial charge < -0.3 is 14.5 Å². The molecule has 1 aromatic heterocycles. The van der Waals surface area contributed by atoms with Crippen LogP contribution < -0.4 is 4.90 Å². The van der Waals surface area contributed by atoms with Gasteiger partial charge in [-0.25, -0.2) is 0 Å². The van der Waals surface area contributed by atoms with Crippen molar-refractivity contribution in [2.24, 2.45) is 5.92 Å². The predicted octanol–water partition coefficient (Wildman–Crippen LogP) is 3.11. The minimum absolute atomic E-state index is 0.394. The Labute approximate surface area is 130 Å². The van der Waals surface area contributed by atoms with E-state index in [9.17, 15) is 5.11 Å². The summed E-state index contributed by atoms with van der Waals surface area (Å²) >= 11 is 0. The number of phenols is 1. The number of nitrogens with zero attached hydrogens (tertiary/aromatic N) is 3. The number of hydrogen-bond donors (Lipinski definition) is 1. The molecule has 1 N–H and O–H groups in total. The fourth-order valence-electron chi connectivity index (χ4n) is 3.35. The molecule has 1 aromatic carbocycles. The van der Waals surface area contributed by atoms with Crippen LogP contribution in [0.4, 0.5) is 6.01 Å². The maximum atomic E-state index is 9.90. The number of aromatic nitrogens is 2. The second-order valence-electron chi connectivity index (χ2n) is 6.50. The first kappa shape index (κ1) is 13.6. The molecular weight excluding hydrogens is 278 g/mol. The molecule has 116 valence electrons. The third-order valence-electron chi connectivity index (χ3n) is 4.96. The highest BCUT2D eigenvalue weighted by atomic mass is 16.5. The van der Waals surface area contributed by atoms with Crippen molar-refractivity contribution < 1.29 is 9.63 Å². The second kappa shape index (κ2) is 5.63. The number of anilines is 1. The SMILES string of the molecule is Oc1ccccc1CC1CCN(c2nc(C3CCC3)no2)C1. The van der Waals surface area contributed by atoms with E-state index < -0.39 is 0 Å². The van der Waals surface area contributed by atoms with Crippen LogP contribution in [0, 0.1) is 5.92 Å². The monoisotopic (exact) mass is 299 g/mol. The zero-order valence-electron chi connectivity index (χ0n) is 12.6. The van der Waals surface area contributed by atoms with E-state index in [2.05, 4.69) is 15.0 Å². The lowest BCUT2D eigenvalue weighted by Crippen LogP contribution is -2.20. The zero-order chi connectivity index (χ0) is 14.9. The molecule has 22 heavy (non-hydrogen) atoms. The van der Waals surface area contributed by atoms with E-state index in [1.807, 2.05) is 18.2 Å². The summed E-state index contributed by atoms with van der Waals surface area (Å²) in [6.07, 6.45) is 5.65. The van der Waals surface area contributed by atoms with Crippen molar-refractivity contribution in [3.05, 3.63) is 35.7 Å². The van der Waals surface area contributed by atoms with Crippen molar-refractivity contribution in [1.82, 2.24) is 10.1 Å². The molecule has 2 fully saturated rings. The van der Waals surface area contributed by atoms with Crippen molar-refractivity contribution in [2.45, 2.75) is 38.0 Å². The molecular formula is C17H21N3O2. The van der Waals surface area contributed by atoms with Crippen LogP contribution in [-0.2, 0) is 6.42 Å². The summed E-state index contributed by atoms with van der Waals surface area (Å²) in [5.74, 6) is 2.31. The van der Waals surface area contributed by atoms with E-state index in [4.69, 9.17) is 4.52 Å². The third kappa shape index (κ3) is 2.56. The van der Waals surface area contributed by atoms with E-state index in [1.54, 1.807) is 6.07 Å². The van der Waals surface area contributed by atoms with Gasteiger partial charge in [0.2, 0.25) is 0 Å². The summed E-state index contributed by atoms with van der Waals surface area (Å²) in [5, 5.41) is 14.0. The van der Waals surface area contributed by atoms with E-state index in [1.165, 1.54) is 19.3 Å². The molecule has 1 saturated carbocycles. The van der Waals surface area contributed by atoms with Gasteiger partial charge in [-0.2, -0.15) is 4.98 Å². The molecule has 4 rings (SSSR count). The first-order valence-electron chi connectivity index (χ1n) is 8.15. The highest BCUT2D eigenvalue weighted by molar-refractivity contribution is 5.34. The molecule has 5 heteroatoms. The van der Waals surface area contributed by atoms with E-state index in [0.29, 0.717) is 23.6 Å². The molecule has 0 amide bonds. The molecule has 2 heterocycles. The molecule has 5 nitrogen and oxygen atoms in total. The Morgan fingerprint density at radius 2 is 2.09 bits per heavy atom. The Bertz CT molecular complexity index is 651. The molecule has 1 atom stereocenters. The van der Waals surface area contributed by atoms with Crippen molar-refractivity contribution >= 4 is 6.01 Å². The number of benzene rings is 1. The summed E-state index contributed by atoms with van der Waals surface area (Å²) in [7, 11) is 0. The van der Waals surface area contributed by atoms with Crippen molar-refractivity contribution in [2.75, 3.05) is 18.0 Å². The lowest BCUT2D eigenvalue weighted by molar-refractivity contribution is 0.363. The Morgan fingerprint density at radius 3 is 2.86 bits per heavy atom. The Hall–Kier alpha value is -2.04. The molecule has 0 spiro atoms. The predicted molar refractivity (Wildman–Crippen MR) is 83.0 cm³/mol. The summed E-state index contributed by atoms with van der Waals surface area (Å²) < 4.78 is 5.44. The zero-order valence-corrected chi connectivity index (χ0v) is 12.6. The van der Waals surface area contributed by atoms with Gasteiger partial charge in [0.15, 0.2) is 5.82 Å². The fraction of sp³-hybridized carbons (Fsp3) is 0.529. The molecule has 0 bridgehead atoms. The van der Waals surface area contributed by atoms with Crippen LogP contribution in [0.2, 0.25) is 0 Å². The van der Waals surface area contributed by atoms with Gasteiger partial charge >= 0.3 is 6.01 Å². The lowest BCUT2D eigenvalue weighted by Gasteiger charge is -2.21. The first-order valence-corrected chi connectivity index (χ1v) is 8.15. The van der Waals surface area contributed by atoms with Gasteiger partial charge in [0.05, 0.1) is 0 Å². The molecule has 2 aromatic rings. The van der Waals surface area contributed by atoms with Gasteiger partial charge in [0, 0.05) is 19.0 Å². The third-order valence-corrected chi connectivity index (χ3v) is 4.96. The van der Waals surface area contributed by atoms with E-state index >= 15 is 0 Å². The standard InChI is InChI=1S/C17H21N3O2/c21-15-7-2-1-4-14(15)10-12-8-9-20(11-12)17-18-16(19-22-17)13-5-3-6-13/h1-2,4,7,12-13,21H,3,5-6,8-11H2. The number of phenolic OH excluding ortho intramolecular Hbond substituents is 1. The largest absolute Gasteiger partial charge is 0.508 e.